The molecule has 0 amide bonds. The molecular weight excluding hydrogens is 482 g/mol. The van der Waals surface area contributed by atoms with Crippen LogP contribution in [0.25, 0.3) is 15.7 Å². The molecule has 0 spiro atoms. The van der Waals surface area contributed by atoms with Gasteiger partial charge in [-0.1, -0.05) is 18.5 Å². The maximum atomic E-state index is 13.4. The highest BCUT2D eigenvalue weighted by molar-refractivity contribution is 7.89. The molecular formula is C22H22ClN5O5S. The first-order valence-corrected chi connectivity index (χ1v) is 12.3. The van der Waals surface area contributed by atoms with E-state index in [1.807, 2.05) is 0 Å². The van der Waals surface area contributed by atoms with Crippen molar-refractivity contribution in [2.45, 2.75) is 37.4 Å². The summed E-state index contributed by atoms with van der Waals surface area (Å²) in [6, 6.07) is 7.39. The topological polar surface area (TPSA) is 119 Å². The standard InChI is InChI=1S/C22H22ClN5O5S/c1-4-33-20-8-6-15(11-25-20)34(31,32)27-12-19(13(2)22(27)24-3)28-18-9-14(23)5-7-16(18)17(26-28)10-21(29)30/h5-9,11,13,19,22H,4,10,12H2,1-2H3,(H,29,30)/t13-,19-,22+/m0/s1. The lowest BCUT2D eigenvalue weighted by molar-refractivity contribution is -0.136. The van der Waals surface area contributed by atoms with Crippen LogP contribution in [0.5, 0.6) is 5.88 Å². The maximum absolute atomic E-state index is 13.4. The Kier molecular flexibility index (Phi) is 6.49. The lowest BCUT2D eigenvalue weighted by Crippen LogP contribution is -2.35. The molecule has 0 aliphatic carbocycles. The van der Waals surface area contributed by atoms with Crippen molar-refractivity contribution in [3.05, 3.63) is 58.7 Å². The fourth-order valence-corrected chi connectivity index (χ4v) is 5.97. The van der Waals surface area contributed by atoms with Crippen LogP contribution in [-0.4, -0.2) is 57.9 Å². The van der Waals surface area contributed by atoms with Gasteiger partial charge in [-0.2, -0.15) is 5.10 Å². The number of carbonyl (C=O) groups is 1. The first kappa shape index (κ1) is 23.9. The van der Waals surface area contributed by atoms with Gasteiger partial charge in [-0.25, -0.2) is 20.0 Å². The van der Waals surface area contributed by atoms with Crippen molar-refractivity contribution < 1.29 is 23.1 Å². The highest BCUT2D eigenvalue weighted by atomic mass is 35.5. The summed E-state index contributed by atoms with van der Waals surface area (Å²) in [5, 5.41) is 14.9. The average molecular weight is 504 g/mol. The van der Waals surface area contributed by atoms with Gasteiger partial charge in [0.2, 0.25) is 5.88 Å². The summed E-state index contributed by atoms with van der Waals surface area (Å²) >= 11 is 6.19. The van der Waals surface area contributed by atoms with Gasteiger partial charge in [-0.05, 0) is 31.2 Å². The van der Waals surface area contributed by atoms with Gasteiger partial charge in [0.1, 0.15) is 4.90 Å². The number of halogens is 1. The Morgan fingerprint density at radius 1 is 1.35 bits per heavy atom. The van der Waals surface area contributed by atoms with Crippen molar-refractivity contribution in [3.8, 4) is 5.88 Å². The van der Waals surface area contributed by atoms with Crippen LogP contribution in [0.1, 0.15) is 25.6 Å². The first-order chi connectivity index (χ1) is 16.2. The molecule has 0 bridgehead atoms. The summed E-state index contributed by atoms with van der Waals surface area (Å²) < 4.78 is 34.9. The number of pyridine rings is 1. The molecule has 10 nitrogen and oxygen atoms in total. The monoisotopic (exact) mass is 503 g/mol. The second-order valence-electron chi connectivity index (χ2n) is 7.93. The molecule has 0 saturated carbocycles. The predicted molar refractivity (Wildman–Crippen MR) is 124 cm³/mol. The number of nitrogens with zero attached hydrogens (tertiary/aromatic N) is 5. The van der Waals surface area contributed by atoms with Gasteiger partial charge in [0, 0.05) is 23.0 Å². The molecule has 1 aliphatic heterocycles. The van der Waals surface area contributed by atoms with Crippen LogP contribution in [0, 0.1) is 12.5 Å². The molecule has 1 N–H and O–H groups in total. The minimum atomic E-state index is -4.04. The van der Waals surface area contributed by atoms with E-state index >= 15 is 0 Å². The molecule has 3 aromatic rings. The summed E-state index contributed by atoms with van der Waals surface area (Å²) in [5.41, 5.74) is 0.939. The second-order valence-corrected chi connectivity index (χ2v) is 10.3. The molecule has 12 heteroatoms. The number of carboxylic acid groups (broad SMARTS) is 1. The Morgan fingerprint density at radius 3 is 2.74 bits per heavy atom. The third kappa shape index (κ3) is 4.20. The van der Waals surface area contributed by atoms with Gasteiger partial charge in [-0.3, -0.25) is 14.3 Å². The van der Waals surface area contributed by atoms with Gasteiger partial charge < -0.3 is 9.84 Å². The molecule has 1 aliphatic rings. The van der Waals surface area contributed by atoms with E-state index in [0.717, 1.165) is 4.31 Å². The molecule has 178 valence electrons. The zero-order valence-corrected chi connectivity index (χ0v) is 20.0. The Labute approximate surface area is 201 Å². The number of rotatable bonds is 7. The van der Waals surface area contributed by atoms with E-state index in [1.54, 1.807) is 36.7 Å². The van der Waals surface area contributed by atoms with E-state index in [9.17, 15) is 18.3 Å². The van der Waals surface area contributed by atoms with Crippen molar-refractivity contribution in [2.75, 3.05) is 13.2 Å². The van der Waals surface area contributed by atoms with Crippen molar-refractivity contribution >= 4 is 38.5 Å². The van der Waals surface area contributed by atoms with Crippen molar-refractivity contribution in [1.29, 1.82) is 0 Å². The molecule has 0 radical (unpaired) electrons. The van der Waals surface area contributed by atoms with E-state index in [-0.39, 0.29) is 17.9 Å². The molecule has 0 unspecified atom stereocenters. The number of fused-ring (bicyclic) bond motifs is 1. The maximum Gasteiger partial charge on any atom is 0.309 e. The van der Waals surface area contributed by atoms with Crippen LogP contribution in [0.2, 0.25) is 5.02 Å². The van der Waals surface area contributed by atoms with Crippen LogP contribution < -0.4 is 4.74 Å². The number of aliphatic carboxylic acids is 1. The molecule has 34 heavy (non-hydrogen) atoms. The predicted octanol–water partition coefficient (Wildman–Crippen LogP) is 3.24. The third-order valence-corrected chi connectivity index (χ3v) is 7.91. The van der Waals surface area contributed by atoms with E-state index < -0.39 is 34.1 Å². The molecule has 4 rings (SSSR count). The number of carboxylic acids is 1. The van der Waals surface area contributed by atoms with Crippen LogP contribution in [-0.2, 0) is 21.2 Å². The average Bonchev–Trinajstić information content (AvgIpc) is 3.31. The minimum absolute atomic E-state index is 0.0143. The highest BCUT2D eigenvalue weighted by Gasteiger charge is 2.51. The lowest BCUT2D eigenvalue weighted by Gasteiger charge is -2.17. The van der Waals surface area contributed by atoms with Crippen molar-refractivity contribution in [3.63, 3.8) is 0 Å². The van der Waals surface area contributed by atoms with E-state index in [4.69, 9.17) is 22.9 Å². The van der Waals surface area contributed by atoms with E-state index in [1.165, 1.54) is 18.3 Å². The molecule has 3 atom stereocenters. The van der Waals surface area contributed by atoms with Crippen LogP contribution in [0.15, 0.2) is 41.4 Å². The van der Waals surface area contributed by atoms with Gasteiger partial charge in [0.05, 0.1) is 42.4 Å². The number of hydrogen-bond donors (Lipinski definition) is 1. The fraction of sp³-hybridized carbons (Fsp3) is 0.364. The molecule has 2 aromatic heterocycles. The molecule has 3 heterocycles. The number of benzene rings is 1. The second kappa shape index (κ2) is 9.21. The Balaban J connectivity index is 1.75. The van der Waals surface area contributed by atoms with Gasteiger partial charge in [0.15, 0.2) is 0 Å². The minimum Gasteiger partial charge on any atom is -0.481 e. The molecule has 1 fully saturated rings. The highest BCUT2D eigenvalue weighted by Crippen LogP contribution is 2.39. The van der Waals surface area contributed by atoms with E-state index in [2.05, 4.69) is 14.9 Å². The van der Waals surface area contributed by atoms with Gasteiger partial charge >= 0.3 is 5.97 Å². The number of ether oxygens (including phenoxy) is 1. The van der Waals surface area contributed by atoms with Gasteiger partial charge in [-0.15, -0.1) is 4.31 Å². The Hall–Kier alpha value is -3.20. The van der Waals surface area contributed by atoms with Gasteiger partial charge in [0.25, 0.3) is 16.2 Å². The third-order valence-electron chi connectivity index (χ3n) is 5.86. The van der Waals surface area contributed by atoms with Crippen molar-refractivity contribution in [1.82, 2.24) is 19.1 Å². The quantitative estimate of drug-likeness (QED) is 0.491. The number of sulfonamides is 1. The SMILES string of the molecule is [C-]#[N+][C@H]1[C@@H](C)[C@@H](n2nc(CC(=O)O)c3ccc(Cl)cc32)CN1S(=O)(=O)c1ccc(OCC)nc1. The zero-order valence-electron chi connectivity index (χ0n) is 18.4. The zero-order chi connectivity index (χ0) is 24.6. The van der Waals surface area contributed by atoms with Crippen LogP contribution >= 0.6 is 11.6 Å². The summed E-state index contributed by atoms with van der Waals surface area (Å²) in [6.07, 6.45) is -0.0472. The van der Waals surface area contributed by atoms with Crippen LogP contribution in [0.4, 0.5) is 0 Å². The first-order valence-electron chi connectivity index (χ1n) is 10.5. The number of aromatic nitrogens is 3. The smallest absolute Gasteiger partial charge is 0.309 e. The largest absolute Gasteiger partial charge is 0.481 e. The fourth-order valence-electron chi connectivity index (χ4n) is 4.23. The number of hydrogen-bond acceptors (Lipinski definition) is 6. The molecule has 1 aromatic carbocycles. The summed E-state index contributed by atoms with van der Waals surface area (Å²) in [6.45, 7) is 11.7. The Bertz CT molecular complexity index is 1380. The molecule has 1 saturated heterocycles. The van der Waals surface area contributed by atoms with E-state index in [0.29, 0.717) is 34.1 Å². The van der Waals surface area contributed by atoms with Crippen molar-refractivity contribution in [2.24, 2.45) is 5.92 Å². The summed E-state index contributed by atoms with van der Waals surface area (Å²) in [5.74, 6) is -1.16. The summed E-state index contributed by atoms with van der Waals surface area (Å²) in [7, 11) is -4.04. The Morgan fingerprint density at radius 2 is 2.12 bits per heavy atom. The summed E-state index contributed by atoms with van der Waals surface area (Å²) in [4.78, 5) is 19.0. The van der Waals surface area contributed by atoms with Crippen LogP contribution in [0.3, 0.4) is 0 Å². The normalized spacial score (nSPS) is 20.9. The lowest BCUT2D eigenvalue weighted by atomic mass is 10.0.